The molecule has 0 aliphatic heterocycles. The fraction of sp³-hybridized carbons (Fsp3) is 0.857. The summed E-state index contributed by atoms with van der Waals surface area (Å²) >= 11 is 0. The van der Waals surface area contributed by atoms with Gasteiger partial charge in [0.25, 0.3) is 0 Å². The van der Waals surface area contributed by atoms with Gasteiger partial charge in [-0.15, -0.1) is 0 Å². The smallest absolute Gasteiger partial charge is 0.151 e. The van der Waals surface area contributed by atoms with Crippen LogP contribution in [0, 0.1) is 0 Å². The number of aliphatic hydroxyl groups is 4. The van der Waals surface area contributed by atoms with E-state index in [9.17, 15) is 4.79 Å². The summed E-state index contributed by atoms with van der Waals surface area (Å²) in [5, 5.41) is 36.0. The van der Waals surface area contributed by atoms with E-state index in [4.69, 9.17) is 20.4 Å². The predicted octanol–water partition coefficient (Wildman–Crippen LogP) is -2.72. The van der Waals surface area contributed by atoms with Crippen LogP contribution >= 0.6 is 0 Å². The van der Waals surface area contributed by atoms with Gasteiger partial charge >= 0.3 is 0 Å². The Balaban J connectivity index is 4.06. The zero-order chi connectivity index (χ0) is 10.4. The SMILES string of the molecule is COC[C@@H](O)[C@@H](O)[C@H](O)[C@H](O)C=O. The Morgan fingerprint density at radius 3 is 2.15 bits per heavy atom. The first-order chi connectivity index (χ1) is 6.04. The van der Waals surface area contributed by atoms with Crippen LogP contribution in [0.15, 0.2) is 0 Å². The second-order valence-electron chi connectivity index (χ2n) is 2.63. The van der Waals surface area contributed by atoms with Crippen molar-refractivity contribution in [2.45, 2.75) is 24.4 Å². The van der Waals surface area contributed by atoms with Crippen LogP contribution in [0.3, 0.4) is 0 Å². The Morgan fingerprint density at radius 1 is 1.23 bits per heavy atom. The van der Waals surface area contributed by atoms with Crippen molar-refractivity contribution < 1.29 is 30.0 Å². The molecule has 0 spiro atoms. The molecule has 0 unspecified atom stereocenters. The molecule has 0 heterocycles. The van der Waals surface area contributed by atoms with Gasteiger partial charge in [-0.2, -0.15) is 0 Å². The van der Waals surface area contributed by atoms with E-state index in [1.54, 1.807) is 0 Å². The minimum absolute atomic E-state index is 0.0768. The van der Waals surface area contributed by atoms with Gasteiger partial charge in [0, 0.05) is 7.11 Å². The lowest BCUT2D eigenvalue weighted by atomic mass is 10.0. The summed E-state index contributed by atoms with van der Waals surface area (Å²) in [6.07, 6.45) is -6.29. The lowest BCUT2D eigenvalue weighted by Crippen LogP contribution is -2.46. The van der Waals surface area contributed by atoms with Crippen LogP contribution < -0.4 is 0 Å². The van der Waals surface area contributed by atoms with E-state index >= 15 is 0 Å². The predicted molar refractivity (Wildman–Crippen MR) is 42.0 cm³/mol. The highest BCUT2D eigenvalue weighted by Gasteiger charge is 2.29. The number of methoxy groups -OCH3 is 1. The van der Waals surface area contributed by atoms with Crippen molar-refractivity contribution in [3.63, 3.8) is 0 Å². The monoisotopic (exact) mass is 194 g/mol. The molecule has 13 heavy (non-hydrogen) atoms. The zero-order valence-electron chi connectivity index (χ0n) is 7.20. The summed E-state index contributed by atoms with van der Waals surface area (Å²) in [4.78, 5) is 10.00. The number of carbonyl (C=O) groups is 1. The minimum atomic E-state index is -1.71. The number of hydrogen-bond acceptors (Lipinski definition) is 6. The lowest BCUT2D eigenvalue weighted by molar-refractivity contribution is -0.137. The molecule has 6 heteroatoms. The first-order valence-corrected chi connectivity index (χ1v) is 3.71. The van der Waals surface area contributed by atoms with E-state index in [1.807, 2.05) is 0 Å². The fourth-order valence-corrected chi connectivity index (χ4v) is 0.779. The number of carbonyl (C=O) groups excluding carboxylic acids is 1. The lowest BCUT2D eigenvalue weighted by Gasteiger charge is -2.23. The molecule has 0 rings (SSSR count). The zero-order valence-corrected chi connectivity index (χ0v) is 7.20. The first kappa shape index (κ1) is 12.5. The highest BCUT2D eigenvalue weighted by molar-refractivity contribution is 5.56. The molecule has 78 valence electrons. The van der Waals surface area contributed by atoms with E-state index in [-0.39, 0.29) is 12.9 Å². The van der Waals surface area contributed by atoms with Gasteiger partial charge in [-0.25, -0.2) is 0 Å². The number of aliphatic hydroxyl groups excluding tert-OH is 4. The molecule has 0 bridgehead atoms. The summed E-state index contributed by atoms with van der Waals surface area (Å²) in [5.74, 6) is 0. The molecule has 6 nitrogen and oxygen atoms in total. The van der Waals surface area contributed by atoms with Crippen LogP contribution in [0.2, 0.25) is 0 Å². The Morgan fingerprint density at radius 2 is 1.77 bits per heavy atom. The summed E-state index contributed by atoms with van der Waals surface area (Å²) in [5.41, 5.74) is 0. The molecule has 0 aromatic rings. The van der Waals surface area contributed by atoms with E-state index in [0.717, 1.165) is 0 Å². The van der Waals surface area contributed by atoms with E-state index in [2.05, 4.69) is 4.74 Å². The molecule has 0 saturated carbocycles. The quantitative estimate of drug-likeness (QED) is 0.342. The molecule has 4 N–H and O–H groups in total. The first-order valence-electron chi connectivity index (χ1n) is 3.71. The fourth-order valence-electron chi connectivity index (χ4n) is 0.779. The molecular formula is C7H14O6. The Hall–Kier alpha value is -0.530. The number of ether oxygens (including phenoxy) is 1. The maximum absolute atomic E-state index is 10.00. The van der Waals surface area contributed by atoms with Gasteiger partial charge in [0.1, 0.15) is 24.4 Å². The third-order valence-corrected chi connectivity index (χ3v) is 1.57. The summed E-state index contributed by atoms with van der Waals surface area (Å²) in [6.45, 7) is -0.191. The van der Waals surface area contributed by atoms with E-state index in [0.29, 0.717) is 0 Å². The highest BCUT2D eigenvalue weighted by Crippen LogP contribution is 2.03. The van der Waals surface area contributed by atoms with Crippen LogP contribution in [-0.4, -0.2) is 64.8 Å². The van der Waals surface area contributed by atoms with Crippen molar-refractivity contribution in [2.24, 2.45) is 0 Å². The molecule has 0 aliphatic carbocycles. The maximum atomic E-state index is 10.00. The van der Waals surface area contributed by atoms with Crippen molar-refractivity contribution in [1.82, 2.24) is 0 Å². The Kier molecular flexibility index (Phi) is 5.76. The van der Waals surface area contributed by atoms with Gasteiger partial charge in [0.2, 0.25) is 0 Å². The third-order valence-electron chi connectivity index (χ3n) is 1.57. The molecular weight excluding hydrogens is 180 g/mol. The molecule has 0 aromatic carbocycles. The number of aldehydes is 1. The van der Waals surface area contributed by atoms with Crippen molar-refractivity contribution in [3.8, 4) is 0 Å². The van der Waals surface area contributed by atoms with E-state index in [1.165, 1.54) is 7.11 Å². The number of hydrogen-bond donors (Lipinski definition) is 4. The second-order valence-corrected chi connectivity index (χ2v) is 2.63. The van der Waals surface area contributed by atoms with Gasteiger partial charge in [0.15, 0.2) is 6.29 Å². The molecule has 4 atom stereocenters. The maximum Gasteiger partial charge on any atom is 0.151 e. The van der Waals surface area contributed by atoms with Crippen LogP contribution in [0.5, 0.6) is 0 Å². The topological polar surface area (TPSA) is 107 Å². The van der Waals surface area contributed by atoms with Crippen LogP contribution in [0.4, 0.5) is 0 Å². The largest absolute Gasteiger partial charge is 0.388 e. The van der Waals surface area contributed by atoms with Crippen LogP contribution in [0.25, 0.3) is 0 Å². The standard InChI is InChI=1S/C7H14O6/c1-13-3-5(10)7(12)6(11)4(9)2-8/h2,4-7,9-12H,3H2,1H3/t4-,5-,6-,7-/m1/s1. The normalized spacial score (nSPS) is 20.4. The average molecular weight is 194 g/mol. The van der Waals surface area contributed by atoms with Crippen molar-refractivity contribution in [1.29, 1.82) is 0 Å². The highest BCUT2D eigenvalue weighted by atomic mass is 16.5. The molecule has 0 aromatic heterocycles. The van der Waals surface area contributed by atoms with Gasteiger partial charge < -0.3 is 30.0 Å². The van der Waals surface area contributed by atoms with Crippen molar-refractivity contribution in [2.75, 3.05) is 13.7 Å². The van der Waals surface area contributed by atoms with Crippen LogP contribution in [-0.2, 0) is 9.53 Å². The molecule has 0 aliphatic rings. The Labute approximate surface area is 75.4 Å². The third kappa shape index (κ3) is 3.79. The van der Waals surface area contributed by atoms with Crippen molar-refractivity contribution in [3.05, 3.63) is 0 Å². The average Bonchev–Trinajstić information content (AvgIpc) is 2.14. The van der Waals surface area contributed by atoms with Crippen LogP contribution in [0.1, 0.15) is 0 Å². The molecule has 0 saturated heterocycles. The van der Waals surface area contributed by atoms with Gasteiger partial charge in [-0.1, -0.05) is 0 Å². The van der Waals surface area contributed by atoms with Gasteiger partial charge in [-0.05, 0) is 0 Å². The molecule has 0 amide bonds. The van der Waals surface area contributed by atoms with Crippen molar-refractivity contribution >= 4 is 6.29 Å². The van der Waals surface area contributed by atoms with Gasteiger partial charge in [0.05, 0.1) is 6.61 Å². The summed E-state index contributed by atoms with van der Waals surface area (Å²) in [7, 11) is 1.30. The minimum Gasteiger partial charge on any atom is -0.388 e. The second kappa shape index (κ2) is 6.01. The molecule has 0 fully saturated rings. The summed E-state index contributed by atoms with van der Waals surface area (Å²) < 4.78 is 4.50. The number of rotatable bonds is 6. The Bertz CT molecular complexity index is 150. The van der Waals surface area contributed by atoms with E-state index < -0.39 is 24.4 Å². The molecule has 0 radical (unpaired) electrons. The summed E-state index contributed by atoms with van der Waals surface area (Å²) in [6, 6.07) is 0. The van der Waals surface area contributed by atoms with Gasteiger partial charge in [-0.3, -0.25) is 0 Å².